The van der Waals surface area contributed by atoms with Gasteiger partial charge < -0.3 is 4.74 Å². The Morgan fingerprint density at radius 2 is 1.63 bits per heavy atom. The molecule has 0 amide bonds. The van der Waals surface area contributed by atoms with Crippen LogP contribution in [0.4, 0.5) is 0 Å². The van der Waals surface area contributed by atoms with E-state index in [0.717, 1.165) is 17.4 Å². The van der Waals surface area contributed by atoms with Crippen LogP contribution in [0.1, 0.15) is 21.5 Å². The number of carbonyl (C=O) groups is 1. The van der Waals surface area contributed by atoms with Gasteiger partial charge in [0.25, 0.3) is 0 Å². The fourth-order valence-electron chi connectivity index (χ4n) is 1.87. The fraction of sp³-hybridized carbons (Fsp3) is 0.133. The number of aldehydes is 1. The van der Waals surface area contributed by atoms with Crippen molar-refractivity contribution in [3.63, 3.8) is 0 Å². The number of rotatable bonds is 3. The first-order chi connectivity index (χ1) is 9.01. The molecule has 0 aliphatic heterocycles. The predicted molar refractivity (Wildman–Crippen MR) is 77.8 cm³/mol. The first kappa shape index (κ1) is 13.9. The first-order valence-electron chi connectivity index (χ1n) is 5.70. The third-order valence-electron chi connectivity index (χ3n) is 2.74. The van der Waals surface area contributed by atoms with Gasteiger partial charge >= 0.3 is 0 Å². The van der Waals surface area contributed by atoms with Gasteiger partial charge in [0.15, 0.2) is 6.29 Å². The van der Waals surface area contributed by atoms with Crippen molar-refractivity contribution in [1.82, 2.24) is 0 Å². The van der Waals surface area contributed by atoms with Gasteiger partial charge in [-0.2, -0.15) is 0 Å². The lowest BCUT2D eigenvalue weighted by atomic mass is 10.1. The molecule has 2 aromatic rings. The lowest BCUT2D eigenvalue weighted by Gasteiger charge is -2.13. The number of halogens is 2. The van der Waals surface area contributed by atoms with Crippen LogP contribution < -0.4 is 4.74 Å². The molecule has 0 fully saturated rings. The summed E-state index contributed by atoms with van der Waals surface area (Å²) < 4.78 is 5.82. The highest BCUT2D eigenvalue weighted by Gasteiger charge is 2.10. The molecular weight excluding hydrogens is 283 g/mol. The van der Waals surface area contributed by atoms with Gasteiger partial charge in [0.2, 0.25) is 0 Å². The third kappa shape index (κ3) is 3.09. The highest BCUT2D eigenvalue weighted by molar-refractivity contribution is 6.31. The zero-order chi connectivity index (χ0) is 14.0. The van der Waals surface area contributed by atoms with Crippen molar-refractivity contribution in [3.05, 3.63) is 57.1 Å². The van der Waals surface area contributed by atoms with E-state index in [2.05, 4.69) is 0 Å². The van der Waals surface area contributed by atoms with Crippen LogP contribution in [0, 0.1) is 13.8 Å². The highest BCUT2D eigenvalue weighted by atomic mass is 35.5. The summed E-state index contributed by atoms with van der Waals surface area (Å²) in [5.74, 6) is 1.18. The van der Waals surface area contributed by atoms with Crippen LogP contribution in [0.15, 0.2) is 30.3 Å². The lowest BCUT2D eigenvalue weighted by molar-refractivity contribution is 0.112. The van der Waals surface area contributed by atoms with E-state index in [-0.39, 0.29) is 0 Å². The Labute approximate surface area is 121 Å². The number of ether oxygens (including phenoxy) is 1. The SMILES string of the molecule is Cc1cc(Cl)cc(C)c1Oc1ccc(Cl)cc1C=O. The minimum atomic E-state index is 0.418. The Kier molecular flexibility index (Phi) is 4.13. The van der Waals surface area contributed by atoms with E-state index in [0.29, 0.717) is 27.1 Å². The number of carbonyl (C=O) groups excluding carboxylic acids is 1. The maximum absolute atomic E-state index is 11.0. The molecule has 0 atom stereocenters. The molecule has 0 aromatic heterocycles. The molecule has 0 heterocycles. The summed E-state index contributed by atoms with van der Waals surface area (Å²) in [5.41, 5.74) is 2.25. The van der Waals surface area contributed by atoms with E-state index in [9.17, 15) is 4.79 Å². The summed E-state index contributed by atoms with van der Waals surface area (Å²) in [6.07, 6.45) is 0.724. The van der Waals surface area contributed by atoms with Gasteiger partial charge in [0.1, 0.15) is 11.5 Å². The Morgan fingerprint density at radius 3 is 2.21 bits per heavy atom. The average molecular weight is 295 g/mol. The normalized spacial score (nSPS) is 10.3. The van der Waals surface area contributed by atoms with E-state index >= 15 is 0 Å². The van der Waals surface area contributed by atoms with Crippen molar-refractivity contribution >= 4 is 29.5 Å². The van der Waals surface area contributed by atoms with Crippen LogP contribution in [0.3, 0.4) is 0 Å². The summed E-state index contributed by atoms with van der Waals surface area (Å²) >= 11 is 11.8. The van der Waals surface area contributed by atoms with Gasteiger partial charge in [-0.05, 0) is 55.3 Å². The van der Waals surface area contributed by atoms with E-state index in [1.165, 1.54) is 0 Å². The molecule has 0 N–H and O–H groups in total. The van der Waals surface area contributed by atoms with Crippen molar-refractivity contribution in [2.24, 2.45) is 0 Å². The van der Waals surface area contributed by atoms with Crippen LogP contribution >= 0.6 is 23.2 Å². The maximum Gasteiger partial charge on any atom is 0.153 e. The topological polar surface area (TPSA) is 26.3 Å². The summed E-state index contributed by atoms with van der Waals surface area (Å²) in [6.45, 7) is 3.81. The zero-order valence-corrected chi connectivity index (χ0v) is 12.0. The molecular formula is C15H12Cl2O2. The van der Waals surface area contributed by atoms with Gasteiger partial charge in [-0.25, -0.2) is 0 Å². The molecule has 0 spiro atoms. The molecule has 2 rings (SSSR count). The Hall–Kier alpha value is -1.51. The van der Waals surface area contributed by atoms with E-state index in [1.807, 2.05) is 26.0 Å². The van der Waals surface area contributed by atoms with Crippen LogP contribution in [-0.4, -0.2) is 6.29 Å². The minimum Gasteiger partial charge on any atom is -0.456 e. The lowest BCUT2D eigenvalue weighted by Crippen LogP contribution is -1.94. The fourth-order valence-corrected chi connectivity index (χ4v) is 2.38. The second kappa shape index (κ2) is 5.64. The summed E-state index contributed by atoms with van der Waals surface area (Å²) in [4.78, 5) is 11.0. The Morgan fingerprint density at radius 1 is 1.00 bits per heavy atom. The smallest absolute Gasteiger partial charge is 0.153 e. The van der Waals surface area contributed by atoms with Crippen LogP contribution in [0.25, 0.3) is 0 Å². The van der Waals surface area contributed by atoms with E-state index in [1.54, 1.807) is 18.2 Å². The molecule has 19 heavy (non-hydrogen) atoms. The molecule has 4 heteroatoms. The minimum absolute atomic E-state index is 0.418. The second-order valence-electron chi connectivity index (χ2n) is 4.27. The number of hydrogen-bond donors (Lipinski definition) is 0. The molecule has 0 saturated heterocycles. The molecule has 0 saturated carbocycles. The van der Waals surface area contributed by atoms with Gasteiger partial charge in [-0.15, -0.1) is 0 Å². The predicted octanol–water partition coefficient (Wildman–Crippen LogP) is 5.22. The Bertz CT molecular complexity index is 613. The van der Waals surface area contributed by atoms with E-state index < -0.39 is 0 Å². The molecule has 98 valence electrons. The van der Waals surface area contributed by atoms with Gasteiger partial charge in [-0.1, -0.05) is 23.2 Å². The molecule has 0 aliphatic rings. The van der Waals surface area contributed by atoms with Crippen molar-refractivity contribution in [2.45, 2.75) is 13.8 Å². The molecule has 2 aromatic carbocycles. The number of benzene rings is 2. The Balaban J connectivity index is 2.44. The molecule has 0 radical (unpaired) electrons. The van der Waals surface area contributed by atoms with E-state index in [4.69, 9.17) is 27.9 Å². The van der Waals surface area contributed by atoms with Gasteiger partial charge in [0, 0.05) is 10.0 Å². The monoisotopic (exact) mass is 294 g/mol. The zero-order valence-electron chi connectivity index (χ0n) is 10.5. The summed E-state index contributed by atoms with van der Waals surface area (Å²) in [6, 6.07) is 8.58. The van der Waals surface area contributed by atoms with Gasteiger partial charge in [0.05, 0.1) is 5.56 Å². The molecule has 0 unspecified atom stereocenters. The molecule has 0 aliphatic carbocycles. The van der Waals surface area contributed by atoms with Gasteiger partial charge in [-0.3, -0.25) is 4.79 Å². The number of aryl methyl sites for hydroxylation is 2. The largest absolute Gasteiger partial charge is 0.456 e. The first-order valence-corrected chi connectivity index (χ1v) is 6.46. The van der Waals surface area contributed by atoms with Crippen molar-refractivity contribution in [2.75, 3.05) is 0 Å². The van der Waals surface area contributed by atoms with Crippen molar-refractivity contribution < 1.29 is 9.53 Å². The third-order valence-corrected chi connectivity index (χ3v) is 3.19. The highest BCUT2D eigenvalue weighted by Crippen LogP contribution is 2.33. The average Bonchev–Trinajstić information content (AvgIpc) is 2.35. The van der Waals surface area contributed by atoms with Crippen molar-refractivity contribution in [1.29, 1.82) is 0 Å². The molecule has 0 bridgehead atoms. The van der Waals surface area contributed by atoms with Crippen LogP contribution in [-0.2, 0) is 0 Å². The van der Waals surface area contributed by atoms with Crippen LogP contribution in [0.2, 0.25) is 10.0 Å². The van der Waals surface area contributed by atoms with Crippen molar-refractivity contribution in [3.8, 4) is 11.5 Å². The standard InChI is InChI=1S/C15H12Cl2O2/c1-9-5-13(17)6-10(2)15(9)19-14-4-3-12(16)7-11(14)8-18/h3-8H,1-2H3. The molecule has 2 nitrogen and oxygen atoms in total. The quantitative estimate of drug-likeness (QED) is 0.726. The maximum atomic E-state index is 11.0. The number of hydrogen-bond acceptors (Lipinski definition) is 2. The summed E-state index contributed by atoms with van der Waals surface area (Å²) in [7, 11) is 0. The summed E-state index contributed by atoms with van der Waals surface area (Å²) in [5, 5.41) is 1.16. The second-order valence-corrected chi connectivity index (χ2v) is 5.14. The van der Waals surface area contributed by atoms with Crippen LogP contribution in [0.5, 0.6) is 11.5 Å².